The van der Waals surface area contributed by atoms with E-state index in [2.05, 4.69) is 21.1 Å². The minimum atomic E-state index is -4.57. The molecule has 2 aromatic rings. The SMILES string of the molecule is CNn1c(=O)c2c(n(CC(=O)Nc3ccc(C(F)(F)F)cc3Cl)/c1=N/C1CCO1)[C@@H](C)OC21CCNCC1. The number of halogens is 4. The summed E-state index contributed by atoms with van der Waals surface area (Å²) in [6.07, 6.45) is -3.73. The van der Waals surface area contributed by atoms with E-state index in [0.717, 1.165) is 18.2 Å². The number of nitrogens with zero attached hydrogens (tertiary/aromatic N) is 3. The molecule has 0 aliphatic carbocycles. The molecule has 10 nitrogen and oxygen atoms in total. The van der Waals surface area contributed by atoms with Gasteiger partial charge in [0.1, 0.15) is 12.1 Å². The standard InChI is InChI=1S/C24H28ClF3N6O4/c1-13-20-19(23(38-13)6-8-30-9-7-23)21(36)34(29-2)22(32-18-5-10-37-18)33(20)12-17(35)31-16-4-3-14(11-15(16)25)24(26,27)28/h3-4,11,13,18,29-30H,5-10,12H2,1-2H3,(H,31,35)/b32-22-/t13-,18?/m1/s1. The van der Waals surface area contributed by atoms with Crippen molar-refractivity contribution < 1.29 is 27.4 Å². The summed E-state index contributed by atoms with van der Waals surface area (Å²) in [6, 6.07) is 2.71. The molecule has 1 unspecified atom stereocenters. The molecule has 1 aromatic carbocycles. The minimum absolute atomic E-state index is 0.0313. The van der Waals surface area contributed by atoms with Gasteiger partial charge >= 0.3 is 6.18 Å². The van der Waals surface area contributed by atoms with Gasteiger partial charge in [-0.2, -0.15) is 17.8 Å². The first-order chi connectivity index (χ1) is 18.0. The lowest BCUT2D eigenvalue weighted by Gasteiger charge is -2.34. The number of fused-ring (bicyclic) bond motifs is 2. The number of amides is 1. The smallest absolute Gasteiger partial charge is 0.361 e. The van der Waals surface area contributed by atoms with Crippen molar-refractivity contribution >= 4 is 23.2 Å². The fraction of sp³-hybridized carbons (Fsp3) is 0.542. The van der Waals surface area contributed by atoms with E-state index in [9.17, 15) is 22.8 Å². The van der Waals surface area contributed by atoms with Crippen molar-refractivity contribution in [1.29, 1.82) is 0 Å². The van der Waals surface area contributed by atoms with Crippen LogP contribution in [0.2, 0.25) is 5.02 Å². The normalized spacial score (nSPS) is 22.7. The van der Waals surface area contributed by atoms with Crippen LogP contribution in [0.3, 0.4) is 0 Å². The fourth-order valence-electron chi connectivity index (χ4n) is 5.24. The van der Waals surface area contributed by atoms with Crippen LogP contribution in [0.15, 0.2) is 28.0 Å². The summed E-state index contributed by atoms with van der Waals surface area (Å²) in [5.41, 5.74) is 2.05. The van der Waals surface area contributed by atoms with Gasteiger partial charge in [0.25, 0.3) is 5.56 Å². The zero-order valence-electron chi connectivity index (χ0n) is 20.8. The van der Waals surface area contributed by atoms with E-state index in [4.69, 9.17) is 21.1 Å². The van der Waals surface area contributed by atoms with Gasteiger partial charge in [-0.3, -0.25) is 9.59 Å². The molecule has 2 fully saturated rings. The summed E-state index contributed by atoms with van der Waals surface area (Å²) in [6.45, 7) is 3.39. The van der Waals surface area contributed by atoms with Crippen LogP contribution in [0.5, 0.6) is 0 Å². The maximum atomic E-state index is 13.8. The highest BCUT2D eigenvalue weighted by atomic mass is 35.5. The topological polar surface area (TPSA) is 111 Å². The molecule has 4 heterocycles. The Morgan fingerprint density at radius 3 is 2.61 bits per heavy atom. The average molecular weight is 557 g/mol. The third-order valence-corrected chi connectivity index (χ3v) is 7.40. The molecule has 5 rings (SSSR count). The lowest BCUT2D eigenvalue weighted by Crippen LogP contribution is -2.52. The van der Waals surface area contributed by atoms with Gasteiger partial charge in [0.15, 0.2) is 6.23 Å². The number of nitrogens with one attached hydrogen (secondary N) is 3. The van der Waals surface area contributed by atoms with Gasteiger partial charge in [0, 0.05) is 13.5 Å². The van der Waals surface area contributed by atoms with Crippen LogP contribution in [-0.2, 0) is 32.6 Å². The van der Waals surface area contributed by atoms with Crippen LogP contribution in [0.25, 0.3) is 0 Å². The molecule has 1 spiro atoms. The summed E-state index contributed by atoms with van der Waals surface area (Å²) in [4.78, 5) is 31.6. The average Bonchev–Trinajstić information content (AvgIpc) is 3.10. The lowest BCUT2D eigenvalue weighted by molar-refractivity contribution is -0.137. The predicted molar refractivity (Wildman–Crippen MR) is 132 cm³/mol. The highest BCUT2D eigenvalue weighted by Gasteiger charge is 2.49. The van der Waals surface area contributed by atoms with E-state index < -0.39 is 35.6 Å². The quantitative estimate of drug-likeness (QED) is 0.522. The van der Waals surface area contributed by atoms with Crippen molar-refractivity contribution in [1.82, 2.24) is 14.6 Å². The summed E-state index contributed by atoms with van der Waals surface area (Å²) in [7, 11) is 1.58. The Kier molecular flexibility index (Phi) is 7.05. The van der Waals surface area contributed by atoms with Gasteiger partial charge in [-0.15, -0.1) is 0 Å². The second kappa shape index (κ2) is 10.0. The number of carbonyl (C=O) groups is 1. The molecule has 1 aromatic heterocycles. The zero-order valence-corrected chi connectivity index (χ0v) is 21.6. The molecule has 14 heteroatoms. The number of rotatable bonds is 5. The Morgan fingerprint density at radius 1 is 1.32 bits per heavy atom. The molecule has 3 aliphatic rings. The van der Waals surface area contributed by atoms with E-state index in [1.807, 2.05) is 6.92 Å². The summed E-state index contributed by atoms with van der Waals surface area (Å²) < 4.78 is 53.9. The monoisotopic (exact) mass is 556 g/mol. The fourth-order valence-corrected chi connectivity index (χ4v) is 5.47. The highest BCUT2D eigenvalue weighted by Crippen LogP contribution is 2.46. The molecular formula is C24H28ClF3N6O4. The Balaban J connectivity index is 1.59. The van der Waals surface area contributed by atoms with E-state index >= 15 is 0 Å². The predicted octanol–water partition coefficient (Wildman–Crippen LogP) is 2.45. The van der Waals surface area contributed by atoms with Gasteiger partial charge in [0.05, 0.1) is 40.2 Å². The third kappa shape index (κ3) is 4.72. The molecule has 3 aliphatic heterocycles. The number of carbonyl (C=O) groups excluding carboxylic acids is 1. The molecule has 2 saturated heterocycles. The van der Waals surface area contributed by atoms with Gasteiger partial charge in [-0.25, -0.2) is 4.99 Å². The molecule has 38 heavy (non-hydrogen) atoms. The first-order valence-electron chi connectivity index (χ1n) is 12.3. The van der Waals surface area contributed by atoms with Crippen molar-refractivity contribution in [2.24, 2.45) is 4.99 Å². The first-order valence-corrected chi connectivity index (χ1v) is 12.7. The van der Waals surface area contributed by atoms with Gasteiger partial charge < -0.3 is 30.1 Å². The maximum absolute atomic E-state index is 13.8. The molecule has 2 atom stereocenters. The zero-order chi connectivity index (χ0) is 27.2. The van der Waals surface area contributed by atoms with Crippen molar-refractivity contribution in [2.45, 2.75) is 56.8 Å². The highest BCUT2D eigenvalue weighted by molar-refractivity contribution is 6.33. The van der Waals surface area contributed by atoms with Crippen molar-refractivity contribution in [3.8, 4) is 0 Å². The van der Waals surface area contributed by atoms with Crippen LogP contribution in [-0.4, -0.2) is 48.1 Å². The molecular weight excluding hydrogens is 529 g/mol. The molecule has 3 N–H and O–H groups in total. The maximum Gasteiger partial charge on any atom is 0.416 e. The van der Waals surface area contributed by atoms with E-state index in [-0.39, 0.29) is 28.4 Å². The van der Waals surface area contributed by atoms with Gasteiger partial charge in [-0.1, -0.05) is 11.6 Å². The molecule has 0 saturated carbocycles. The van der Waals surface area contributed by atoms with Crippen LogP contribution >= 0.6 is 11.6 Å². The Morgan fingerprint density at radius 2 is 2.03 bits per heavy atom. The number of anilines is 1. The second-order valence-corrected chi connectivity index (χ2v) is 9.91. The summed E-state index contributed by atoms with van der Waals surface area (Å²) in [5, 5.41) is 5.62. The lowest BCUT2D eigenvalue weighted by atomic mass is 9.86. The van der Waals surface area contributed by atoms with Crippen LogP contribution in [0.1, 0.15) is 49.1 Å². The largest absolute Gasteiger partial charge is 0.416 e. The number of alkyl halides is 3. The minimum Gasteiger partial charge on any atom is -0.361 e. The molecule has 0 radical (unpaired) electrons. The number of piperidine rings is 1. The van der Waals surface area contributed by atoms with E-state index in [0.29, 0.717) is 50.2 Å². The van der Waals surface area contributed by atoms with E-state index in [1.165, 1.54) is 4.68 Å². The third-order valence-electron chi connectivity index (χ3n) is 7.09. The first kappa shape index (κ1) is 26.7. The Hall–Kier alpha value is -2.87. The number of ether oxygens (including phenoxy) is 2. The number of benzene rings is 1. The van der Waals surface area contributed by atoms with Crippen LogP contribution in [0, 0.1) is 0 Å². The number of hydrogen-bond donors (Lipinski definition) is 3. The second-order valence-electron chi connectivity index (χ2n) is 9.50. The van der Waals surface area contributed by atoms with E-state index in [1.54, 1.807) is 11.6 Å². The number of aromatic nitrogens is 2. The molecule has 1 amide bonds. The molecule has 206 valence electrons. The van der Waals surface area contributed by atoms with Crippen molar-refractivity contribution in [2.75, 3.05) is 37.5 Å². The summed E-state index contributed by atoms with van der Waals surface area (Å²) in [5.74, 6) is -0.565. The Bertz CT molecular complexity index is 1380. The number of hydrogen-bond acceptors (Lipinski definition) is 7. The van der Waals surface area contributed by atoms with Crippen LogP contribution in [0.4, 0.5) is 18.9 Å². The van der Waals surface area contributed by atoms with Crippen LogP contribution < -0.4 is 27.2 Å². The Labute approximate surface area is 220 Å². The van der Waals surface area contributed by atoms with Crippen molar-refractivity contribution in [3.05, 3.63) is 56.0 Å². The van der Waals surface area contributed by atoms with Gasteiger partial charge in [-0.05, 0) is 51.1 Å². The molecule has 0 bridgehead atoms. The summed E-state index contributed by atoms with van der Waals surface area (Å²) >= 11 is 6.05. The van der Waals surface area contributed by atoms with Gasteiger partial charge in [0.2, 0.25) is 11.5 Å². The van der Waals surface area contributed by atoms with Crippen molar-refractivity contribution in [3.63, 3.8) is 0 Å².